The van der Waals surface area contributed by atoms with E-state index in [-0.39, 0.29) is 11.7 Å². The molecule has 0 unspecified atom stereocenters. The van der Waals surface area contributed by atoms with Crippen LogP contribution < -0.4 is 10.2 Å². The van der Waals surface area contributed by atoms with E-state index in [1.165, 1.54) is 13.3 Å². The third-order valence-corrected chi connectivity index (χ3v) is 4.09. The van der Waals surface area contributed by atoms with Crippen molar-refractivity contribution >= 4 is 39.0 Å². The fourth-order valence-electron chi connectivity index (χ4n) is 2.31. The monoisotopic (exact) mass is 387 g/mol. The Kier molecular flexibility index (Phi) is 4.52. The van der Waals surface area contributed by atoms with Crippen molar-refractivity contribution in [3.63, 3.8) is 0 Å². The van der Waals surface area contributed by atoms with Crippen LogP contribution in [-0.4, -0.2) is 29.3 Å². The quantitative estimate of drug-likeness (QED) is 0.473. The minimum atomic E-state index is -0.312. The van der Waals surface area contributed by atoms with Crippen molar-refractivity contribution in [2.24, 2.45) is 5.10 Å². The number of fused-ring (bicyclic) bond motifs is 1. The molecule has 6 nitrogen and oxygen atoms in total. The minimum absolute atomic E-state index is 0.0116. The maximum atomic E-state index is 12.2. The largest absolute Gasteiger partial charge is 0.503 e. The molecule has 24 heavy (non-hydrogen) atoms. The summed E-state index contributed by atoms with van der Waals surface area (Å²) in [5.74, 6) is 0.0137. The number of hydrogen-bond acceptors (Lipinski definition) is 4. The molecule has 0 bridgehead atoms. The molecule has 1 heterocycles. The Bertz CT molecular complexity index is 934. The van der Waals surface area contributed by atoms with Crippen LogP contribution in [0.4, 0.5) is 0 Å². The van der Waals surface area contributed by atoms with Gasteiger partial charge in [-0.3, -0.25) is 4.79 Å². The van der Waals surface area contributed by atoms with E-state index in [1.54, 1.807) is 18.3 Å². The number of aromatic hydroxyl groups is 1. The molecule has 0 aliphatic heterocycles. The van der Waals surface area contributed by atoms with Gasteiger partial charge in [0.05, 0.1) is 23.4 Å². The van der Waals surface area contributed by atoms with Crippen LogP contribution in [0.1, 0.15) is 15.9 Å². The van der Waals surface area contributed by atoms with Gasteiger partial charge >= 0.3 is 0 Å². The van der Waals surface area contributed by atoms with E-state index in [2.05, 4.69) is 31.4 Å². The van der Waals surface area contributed by atoms with Crippen LogP contribution in [0.3, 0.4) is 0 Å². The van der Waals surface area contributed by atoms with Gasteiger partial charge in [0, 0.05) is 17.1 Å². The van der Waals surface area contributed by atoms with Gasteiger partial charge in [-0.15, -0.1) is 0 Å². The first kappa shape index (κ1) is 16.1. The highest BCUT2D eigenvalue weighted by atomic mass is 79.9. The molecule has 0 saturated carbocycles. The Morgan fingerprint density at radius 2 is 2.17 bits per heavy atom. The molecule has 0 saturated heterocycles. The lowest BCUT2D eigenvalue weighted by Gasteiger charge is -2.06. The predicted octanol–water partition coefficient (Wildman–Crippen LogP) is 3.41. The van der Waals surface area contributed by atoms with Gasteiger partial charge in [0.25, 0.3) is 5.91 Å². The zero-order valence-electron chi connectivity index (χ0n) is 12.7. The molecule has 1 amide bonds. The van der Waals surface area contributed by atoms with Crippen LogP contribution >= 0.6 is 15.9 Å². The van der Waals surface area contributed by atoms with Gasteiger partial charge in [-0.25, -0.2) is 5.43 Å². The lowest BCUT2D eigenvalue weighted by molar-refractivity contribution is 0.0957. The second-order valence-corrected chi connectivity index (χ2v) is 5.85. The number of methoxy groups -OCH3 is 1. The first-order chi connectivity index (χ1) is 11.6. The summed E-state index contributed by atoms with van der Waals surface area (Å²) in [4.78, 5) is 15.3. The number of hydrazone groups is 1. The molecular formula is C17H14BrN3O3. The third kappa shape index (κ3) is 3.11. The Morgan fingerprint density at radius 1 is 1.38 bits per heavy atom. The zero-order valence-corrected chi connectivity index (χ0v) is 14.3. The van der Waals surface area contributed by atoms with Gasteiger partial charge < -0.3 is 14.8 Å². The molecular weight excluding hydrogens is 374 g/mol. The molecule has 1 aromatic heterocycles. The fraction of sp³-hybridized carbons (Fsp3) is 0.0588. The van der Waals surface area contributed by atoms with E-state index in [1.807, 2.05) is 24.3 Å². The summed E-state index contributed by atoms with van der Waals surface area (Å²) < 4.78 is 5.55. The highest BCUT2D eigenvalue weighted by Gasteiger charge is 2.11. The number of H-pyrrole nitrogens is 1. The number of carbonyl (C=O) groups is 1. The van der Waals surface area contributed by atoms with E-state index in [0.29, 0.717) is 21.3 Å². The highest BCUT2D eigenvalue weighted by molar-refractivity contribution is 9.10. The van der Waals surface area contributed by atoms with E-state index in [4.69, 9.17) is 4.74 Å². The summed E-state index contributed by atoms with van der Waals surface area (Å²) in [6.07, 6.45) is 3.12. The number of benzene rings is 2. The number of ether oxygens (including phenoxy) is 1. The van der Waals surface area contributed by atoms with E-state index in [0.717, 1.165) is 10.9 Å². The smallest absolute Gasteiger partial charge is 0.273 e. The van der Waals surface area contributed by atoms with Gasteiger partial charge in [-0.05, 0) is 39.7 Å². The van der Waals surface area contributed by atoms with Crippen LogP contribution in [0.5, 0.6) is 11.5 Å². The summed E-state index contributed by atoms with van der Waals surface area (Å²) in [5.41, 5.74) is 4.56. The van der Waals surface area contributed by atoms with Crippen molar-refractivity contribution in [2.75, 3.05) is 7.11 Å². The van der Waals surface area contributed by atoms with Gasteiger partial charge in [0.1, 0.15) is 0 Å². The van der Waals surface area contributed by atoms with Crippen LogP contribution in [0.15, 0.2) is 52.2 Å². The van der Waals surface area contributed by atoms with Gasteiger partial charge in [-0.2, -0.15) is 5.10 Å². The Labute approximate surface area is 146 Å². The Balaban J connectivity index is 1.77. The maximum Gasteiger partial charge on any atom is 0.273 e. The Morgan fingerprint density at radius 3 is 2.96 bits per heavy atom. The van der Waals surface area contributed by atoms with Gasteiger partial charge in [0.2, 0.25) is 0 Å². The van der Waals surface area contributed by atoms with Crippen molar-refractivity contribution in [1.29, 1.82) is 0 Å². The fourth-order valence-corrected chi connectivity index (χ4v) is 2.77. The number of amides is 1. The molecule has 0 aliphatic rings. The number of aromatic nitrogens is 1. The predicted molar refractivity (Wildman–Crippen MR) is 95.7 cm³/mol. The summed E-state index contributed by atoms with van der Waals surface area (Å²) in [7, 11) is 1.46. The number of nitrogens with zero attached hydrogens (tertiary/aromatic N) is 1. The number of para-hydroxylation sites is 1. The van der Waals surface area contributed by atoms with Crippen molar-refractivity contribution < 1.29 is 14.6 Å². The summed E-state index contributed by atoms with van der Waals surface area (Å²) in [5, 5.41) is 14.6. The van der Waals surface area contributed by atoms with Crippen molar-refractivity contribution in [3.8, 4) is 11.5 Å². The molecule has 3 rings (SSSR count). The molecule has 0 spiro atoms. The lowest BCUT2D eigenvalue weighted by Crippen LogP contribution is -2.17. The van der Waals surface area contributed by atoms with E-state index in [9.17, 15) is 9.90 Å². The average molecular weight is 388 g/mol. The van der Waals surface area contributed by atoms with Crippen molar-refractivity contribution in [1.82, 2.24) is 10.4 Å². The van der Waals surface area contributed by atoms with Crippen LogP contribution in [0.25, 0.3) is 10.9 Å². The van der Waals surface area contributed by atoms with E-state index < -0.39 is 0 Å². The molecule has 0 fully saturated rings. The second kappa shape index (κ2) is 6.76. The number of rotatable bonds is 4. The number of aromatic amines is 1. The molecule has 3 aromatic rings. The molecule has 3 N–H and O–H groups in total. The average Bonchev–Trinajstić information content (AvgIpc) is 3.02. The lowest BCUT2D eigenvalue weighted by atomic mass is 10.2. The number of hydrogen-bond donors (Lipinski definition) is 3. The molecule has 122 valence electrons. The minimum Gasteiger partial charge on any atom is -0.503 e. The Hall–Kier alpha value is -2.80. The first-order valence-electron chi connectivity index (χ1n) is 7.06. The maximum absolute atomic E-state index is 12.2. The summed E-state index contributed by atoms with van der Waals surface area (Å²) >= 11 is 3.23. The third-order valence-electron chi connectivity index (χ3n) is 3.48. The van der Waals surface area contributed by atoms with Crippen LogP contribution in [0.2, 0.25) is 0 Å². The summed E-state index contributed by atoms with van der Waals surface area (Å²) in [6, 6.07) is 10.8. The molecule has 0 radical (unpaired) electrons. The standard InChI is InChI=1S/C17H14BrN3O3/c1-24-15-7-10(6-13(18)16(15)22)8-20-21-17(23)12-9-19-14-5-3-2-4-11(12)14/h2-9,19,22H,1H3,(H,21,23)/b20-8-. The molecule has 7 heteroatoms. The number of halogens is 1. The molecule has 2 aromatic carbocycles. The SMILES string of the molecule is COc1cc(/C=N\NC(=O)c2c[nH]c3ccccc23)cc(Br)c1O. The summed E-state index contributed by atoms with van der Waals surface area (Å²) in [6.45, 7) is 0. The second-order valence-electron chi connectivity index (χ2n) is 5.00. The molecule has 0 aliphatic carbocycles. The topological polar surface area (TPSA) is 86.7 Å². The zero-order chi connectivity index (χ0) is 17.1. The normalized spacial score (nSPS) is 11.1. The number of nitrogens with one attached hydrogen (secondary N) is 2. The number of phenols is 1. The number of carbonyl (C=O) groups excluding carboxylic acids is 1. The first-order valence-corrected chi connectivity index (χ1v) is 7.85. The van der Waals surface area contributed by atoms with Crippen molar-refractivity contribution in [3.05, 3.63) is 58.2 Å². The van der Waals surface area contributed by atoms with Crippen molar-refractivity contribution in [2.45, 2.75) is 0 Å². The van der Waals surface area contributed by atoms with Crippen LogP contribution in [0, 0.1) is 0 Å². The van der Waals surface area contributed by atoms with Crippen LogP contribution in [-0.2, 0) is 0 Å². The van der Waals surface area contributed by atoms with Gasteiger partial charge in [-0.1, -0.05) is 18.2 Å². The number of phenolic OH excluding ortho intramolecular Hbond substituents is 1. The van der Waals surface area contributed by atoms with Gasteiger partial charge in [0.15, 0.2) is 11.5 Å². The van der Waals surface area contributed by atoms with E-state index >= 15 is 0 Å². The highest BCUT2D eigenvalue weighted by Crippen LogP contribution is 2.34. The molecule has 0 atom stereocenters.